The second-order valence-electron chi connectivity index (χ2n) is 5.97. The highest BCUT2D eigenvalue weighted by Gasteiger charge is 2.26. The van der Waals surface area contributed by atoms with Crippen molar-refractivity contribution in [1.29, 1.82) is 0 Å². The number of amides is 2. The first-order valence-corrected chi connectivity index (χ1v) is 8.12. The molecule has 26 heavy (non-hydrogen) atoms. The zero-order valence-electron chi connectivity index (χ0n) is 14.0. The Morgan fingerprint density at radius 2 is 1.77 bits per heavy atom. The van der Waals surface area contributed by atoms with Crippen molar-refractivity contribution in [1.82, 2.24) is 5.32 Å². The number of carbonyl (C=O) groups is 2. The number of benzene rings is 2. The maximum Gasteiger partial charge on any atom is 0.255 e. The average Bonchev–Trinajstić information content (AvgIpc) is 2.57. The number of phenolic OH excluding ortho intramolecular Hbond substituents is 1. The highest BCUT2D eigenvalue weighted by molar-refractivity contribution is 6.31. The van der Waals surface area contributed by atoms with Gasteiger partial charge in [-0.2, -0.15) is 0 Å². The Balaban J connectivity index is 2.17. The van der Waals surface area contributed by atoms with Crippen LogP contribution in [0.3, 0.4) is 0 Å². The van der Waals surface area contributed by atoms with E-state index in [0.717, 1.165) is 12.1 Å². The highest BCUT2D eigenvalue weighted by Crippen LogP contribution is 2.22. The van der Waals surface area contributed by atoms with Crippen LogP contribution in [-0.4, -0.2) is 23.0 Å². The largest absolute Gasteiger partial charge is 0.507 e. The molecule has 5 nitrogen and oxygen atoms in total. The van der Waals surface area contributed by atoms with E-state index in [9.17, 15) is 23.5 Å². The molecule has 0 spiro atoms. The molecule has 0 radical (unpaired) electrons. The first kappa shape index (κ1) is 19.7. The van der Waals surface area contributed by atoms with Gasteiger partial charge in [0, 0.05) is 16.8 Å². The Morgan fingerprint density at radius 1 is 1.08 bits per heavy atom. The maximum absolute atomic E-state index is 13.3. The number of nitrogens with one attached hydrogen (secondary N) is 2. The third-order valence-electron chi connectivity index (χ3n) is 3.63. The summed E-state index contributed by atoms with van der Waals surface area (Å²) in [4.78, 5) is 24.8. The van der Waals surface area contributed by atoms with Crippen molar-refractivity contribution in [2.45, 2.75) is 19.9 Å². The molecule has 0 saturated carbocycles. The molecule has 3 N–H and O–H groups in total. The quantitative estimate of drug-likeness (QED) is 0.737. The van der Waals surface area contributed by atoms with Crippen LogP contribution in [0.25, 0.3) is 0 Å². The molecule has 0 aromatic heterocycles. The SMILES string of the molecule is CC(C)C(NC(=O)c1cc(Cl)ccc1O)C(=O)Nc1ccc(F)c(F)c1. The Bertz CT molecular complexity index is 843. The van der Waals surface area contributed by atoms with E-state index < -0.39 is 29.5 Å². The van der Waals surface area contributed by atoms with E-state index in [1.807, 2.05) is 0 Å². The predicted octanol–water partition coefficient (Wildman–Crippen LogP) is 3.72. The summed E-state index contributed by atoms with van der Waals surface area (Å²) in [5.74, 6) is -4.03. The predicted molar refractivity (Wildman–Crippen MR) is 94.2 cm³/mol. The number of phenols is 1. The van der Waals surface area contributed by atoms with Crippen molar-refractivity contribution in [2.75, 3.05) is 5.32 Å². The highest BCUT2D eigenvalue weighted by atomic mass is 35.5. The summed E-state index contributed by atoms with van der Waals surface area (Å²) in [5, 5.41) is 15.0. The minimum absolute atomic E-state index is 0.0550. The topological polar surface area (TPSA) is 78.4 Å². The first-order valence-electron chi connectivity index (χ1n) is 7.74. The molecule has 0 aliphatic rings. The van der Waals surface area contributed by atoms with Crippen molar-refractivity contribution in [3.05, 3.63) is 58.6 Å². The molecule has 2 aromatic carbocycles. The number of rotatable bonds is 5. The van der Waals surface area contributed by atoms with Crippen molar-refractivity contribution in [3.63, 3.8) is 0 Å². The lowest BCUT2D eigenvalue weighted by molar-refractivity contribution is -0.118. The average molecular weight is 383 g/mol. The van der Waals surface area contributed by atoms with Crippen molar-refractivity contribution < 1.29 is 23.5 Å². The number of carbonyl (C=O) groups excluding carboxylic acids is 2. The molecule has 0 aliphatic carbocycles. The van der Waals surface area contributed by atoms with Gasteiger partial charge in [0.05, 0.1) is 5.56 Å². The van der Waals surface area contributed by atoms with Crippen molar-refractivity contribution in [3.8, 4) is 5.75 Å². The third-order valence-corrected chi connectivity index (χ3v) is 3.86. The lowest BCUT2D eigenvalue weighted by Gasteiger charge is -2.22. The molecule has 2 aromatic rings. The molecule has 0 fully saturated rings. The van der Waals surface area contributed by atoms with E-state index in [4.69, 9.17) is 11.6 Å². The fourth-order valence-electron chi connectivity index (χ4n) is 2.24. The Hall–Kier alpha value is -2.67. The number of hydrogen-bond acceptors (Lipinski definition) is 3. The molecule has 138 valence electrons. The van der Waals surface area contributed by atoms with Gasteiger partial charge in [-0.1, -0.05) is 25.4 Å². The number of hydrogen-bond donors (Lipinski definition) is 3. The molecule has 1 unspecified atom stereocenters. The van der Waals surface area contributed by atoms with Gasteiger partial charge in [0.1, 0.15) is 11.8 Å². The number of anilines is 1. The van der Waals surface area contributed by atoms with Gasteiger partial charge in [-0.05, 0) is 36.2 Å². The summed E-state index contributed by atoms with van der Waals surface area (Å²) < 4.78 is 26.2. The molecular weight excluding hydrogens is 366 g/mol. The zero-order chi connectivity index (χ0) is 19.4. The summed E-state index contributed by atoms with van der Waals surface area (Å²) in [7, 11) is 0. The maximum atomic E-state index is 13.3. The summed E-state index contributed by atoms with van der Waals surface area (Å²) in [6.45, 7) is 3.40. The lowest BCUT2D eigenvalue weighted by atomic mass is 10.0. The summed E-state index contributed by atoms with van der Waals surface area (Å²) in [6.07, 6.45) is 0. The number of aromatic hydroxyl groups is 1. The van der Waals surface area contributed by atoms with Crippen LogP contribution < -0.4 is 10.6 Å². The van der Waals surface area contributed by atoms with Gasteiger partial charge in [0.25, 0.3) is 5.91 Å². The van der Waals surface area contributed by atoms with Crippen LogP contribution >= 0.6 is 11.6 Å². The molecular formula is C18H17ClF2N2O3. The Morgan fingerprint density at radius 3 is 2.38 bits per heavy atom. The van der Waals surface area contributed by atoms with Gasteiger partial charge < -0.3 is 15.7 Å². The third kappa shape index (κ3) is 4.70. The van der Waals surface area contributed by atoms with Crippen LogP contribution in [0.4, 0.5) is 14.5 Å². The molecule has 1 atom stereocenters. The molecule has 0 saturated heterocycles. The van der Waals surface area contributed by atoms with Crippen LogP contribution in [0.15, 0.2) is 36.4 Å². The van der Waals surface area contributed by atoms with Crippen LogP contribution in [0.1, 0.15) is 24.2 Å². The van der Waals surface area contributed by atoms with Crippen LogP contribution in [-0.2, 0) is 4.79 Å². The van der Waals surface area contributed by atoms with Crippen LogP contribution in [0.2, 0.25) is 5.02 Å². The van der Waals surface area contributed by atoms with Gasteiger partial charge >= 0.3 is 0 Å². The van der Waals surface area contributed by atoms with E-state index >= 15 is 0 Å². The summed E-state index contributed by atoms with van der Waals surface area (Å²) in [6, 6.07) is 5.92. The molecule has 8 heteroatoms. The van der Waals surface area contributed by atoms with Gasteiger partial charge in [-0.3, -0.25) is 9.59 Å². The minimum atomic E-state index is -1.10. The minimum Gasteiger partial charge on any atom is -0.507 e. The van der Waals surface area contributed by atoms with Crippen molar-refractivity contribution in [2.24, 2.45) is 5.92 Å². The second-order valence-corrected chi connectivity index (χ2v) is 6.41. The normalized spacial score (nSPS) is 11.9. The van der Waals surface area contributed by atoms with E-state index in [1.165, 1.54) is 24.3 Å². The first-order chi connectivity index (χ1) is 12.2. The monoisotopic (exact) mass is 382 g/mol. The van der Waals surface area contributed by atoms with Crippen molar-refractivity contribution >= 4 is 29.1 Å². The molecule has 0 heterocycles. The molecule has 2 amide bonds. The Kier molecular flexibility index (Phi) is 6.15. The van der Waals surface area contributed by atoms with E-state index in [-0.39, 0.29) is 27.9 Å². The van der Waals surface area contributed by atoms with Gasteiger partial charge in [0.2, 0.25) is 5.91 Å². The smallest absolute Gasteiger partial charge is 0.255 e. The van der Waals surface area contributed by atoms with Gasteiger partial charge in [-0.25, -0.2) is 8.78 Å². The fraction of sp³-hybridized carbons (Fsp3) is 0.222. The molecule has 2 rings (SSSR count). The van der Waals surface area contributed by atoms with Gasteiger partial charge in [0.15, 0.2) is 11.6 Å². The van der Waals surface area contributed by atoms with Gasteiger partial charge in [-0.15, -0.1) is 0 Å². The van der Waals surface area contributed by atoms with E-state index in [0.29, 0.717) is 0 Å². The van der Waals surface area contributed by atoms with Crippen LogP contribution in [0.5, 0.6) is 5.75 Å². The Labute approximate surface area is 154 Å². The standard InChI is InChI=1S/C18H17ClF2N2O3/c1-9(2)16(18(26)22-11-4-5-13(20)14(21)8-11)23-17(25)12-7-10(19)3-6-15(12)24/h3-9,16,24H,1-2H3,(H,22,26)(H,23,25). The molecule has 0 bridgehead atoms. The fourth-order valence-corrected chi connectivity index (χ4v) is 2.41. The van der Waals surface area contributed by atoms with E-state index in [2.05, 4.69) is 10.6 Å². The summed E-state index contributed by atoms with van der Waals surface area (Å²) in [5.41, 5.74) is -0.0248. The second kappa shape index (κ2) is 8.14. The lowest BCUT2D eigenvalue weighted by Crippen LogP contribution is -2.47. The zero-order valence-corrected chi connectivity index (χ0v) is 14.8. The van der Waals surface area contributed by atoms with Crippen LogP contribution in [0, 0.1) is 17.6 Å². The summed E-state index contributed by atoms with van der Waals surface area (Å²) >= 11 is 5.82. The number of halogens is 3. The van der Waals surface area contributed by atoms with E-state index in [1.54, 1.807) is 13.8 Å². The molecule has 0 aliphatic heterocycles.